The van der Waals surface area contributed by atoms with Gasteiger partial charge in [0.1, 0.15) is 0 Å². The molecular formula is C19H29N5O3. The average molecular weight is 375 g/mol. The molecule has 0 saturated carbocycles. The van der Waals surface area contributed by atoms with E-state index in [1.807, 2.05) is 11.0 Å². The average Bonchev–Trinajstić information content (AvgIpc) is 3.28. The molecule has 0 aliphatic carbocycles. The molecule has 4 heterocycles. The normalized spacial score (nSPS) is 23.1. The van der Waals surface area contributed by atoms with E-state index in [1.165, 1.54) is 0 Å². The summed E-state index contributed by atoms with van der Waals surface area (Å²) in [4.78, 5) is 27.7. The molecule has 8 nitrogen and oxygen atoms in total. The van der Waals surface area contributed by atoms with Crippen molar-refractivity contribution in [1.29, 1.82) is 0 Å². The zero-order valence-corrected chi connectivity index (χ0v) is 15.8. The lowest BCUT2D eigenvalue weighted by atomic mass is 9.96. The van der Waals surface area contributed by atoms with Crippen molar-refractivity contribution in [1.82, 2.24) is 19.8 Å². The Kier molecular flexibility index (Phi) is 6.16. The van der Waals surface area contributed by atoms with Crippen molar-refractivity contribution in [3.63, 3.8) is 0 Å². The van der Waals surface area contributed by atoms with E-state index in [4.69, 9.17) is 9.47 Å². The molecule has 4 rings (SSSR count). The van der Waals surface area contributed by atoms with Gasteiger partial charge in [-0.05, 0) is 32.0 Å². The predicted molar refractivity (Wildman–Crippen MR) is 100 cm³/mol. The van der Waals surface area contributed by atoms with Gasteiger partial charge < -0.3 is 24.2 Å². The summed E-state index contributed by atoms with van der Waals surface area (Å²) >= 11 is 0. The number of aromatic nitrogens is 2. The number of rotatable bonds is 5. The van der Waals surface area contributed by atoms with Crippen LogP contribution >= 0.6 is 0 Å². The molecule has 0 atom stereocenters. The molecular weight excluding hydrogens is 346 g/mol. The van der Waals surface area contributed by atoms with Crippen LogP contribution in [-0.2, 0) is 14.3 Å². The molecule has 1 amide bonds. The molecule has 3 saturated heterocycles. The number of carbonyl (C=O) groups excluding carboxylic acids is 1. The number of anilines is 1. The third-order valence-electron chi connectivity index (χ3n) is 5.77. The van der Waals surface area contributed by atoms with Crippen LogP contribution in [0.5, 0.6) is 0 Å². The summed E-state index contributed by atoms with van der Waals surface area (Å²) in [6, 6.07) is 1.82. The molecule has 3 aliphatic heterocycles. The number of piperidine rings is 1. The van der Waals surface area contributed by atoms with Crippen LogP contribution in [-0.4, -0.2) is 91.0 Å². The monoisotopic (exact) mass is 375 g/mol. The first-order valence-corrected chi connectivity index (χ1v) is 10.0. The molecule has 148 valence electrons. The first-order chi connectivity index (χ1) is 13.3. The van der Waals surface area contributed by atoms with Crippen LogP contribution in [0.15, 0.2) is 18.5 Å². The Bertz CT molecular complexity index is 595. The number of piperazine rings is 1. The standard InChI is InChI=1S/C19H29N5O3/c25-17(23-10-12-24(13-11-23)19-20-5-1-6-21-19)4-9-22-7-2-16(3-8-22)18-26-14-15-27-18/h1,5-6,16,18H,2-4,7-15H2. The highest BCUT2D eigenvalue weighted by Gasteiger charge is 2.30. The lowest BCUT2D eigenvalue weighted by molar-refractivity contribution is -0.132. The van der Waals surface area contributed by atoms with Gasteiger partial charge in [0, 0.05) is 57.5 Å². The number of hydrogen-bond donors (Lipinski definition) is 0. The Morgan fingerprint density at radius 3 is 2.33 bits per heavy atom. The van der Waals surface area contributed by atoms with Crippen LogP contribution in [0.4, 0.5) is 5.95 Å². The first-order valence-electron chi connectivity index (χ1n) is 10.0. The largest absolute Gasteiger partial charge is 0.350 e. The van der Waals surface area contributed by atoms with E-state index in [0.29, 0.717) is 12.3 Å². The van der Waals surface area contributed by atoms with Gasteiger partial charge in [0.15, 0.2) is 6.29 Å². The van der Waals surface area contributed by atoms with E-state index in [1.54, 1.807) is 12.4 Å². The smallest absolute Gasteiger partial charge is 0.225 e. The van der Waals surface area contributed by atoms with Crippen molar-refractivity contribution in [2.45, 2.75) is 25.6 Å². The molecule has 3 fully saturated rings. The third-order valence-corrected chi connectivity index (χ3v) is 5.77. The Balaban J connectivity index is 1.15. The van der Waals surface area contributed by atoms with Crippen molar-refractivity contribution in [2.75, 3.05) is 63.9 Å². The molecule has 0 N–H and O–H groups in total. The highest BCUT2D eigenvalue weighted by atomic mass is 16.7. The molecule has 0 bridgehead atoms. The number of hydrogen-bond acceptors (Lipinski definition) is 7. The van der Waals surface area contributed by atoms with Crippen LogP contribution in [0.25, 0.3) is 0 Å². The second-order valence-corrected chi connectivity index (χ2v) is 7.46. The lowest BCUT2D eigenvalue weighted by Crippen LogP contribution is -2.50. The summed E-state index contributed by atoms with van der Waals surface area (Å²) in [6.45, 7) is 7.43. The van der Waals surface area contributed by atoms with Crippen molar-refractivity contribution >= 4 is 11.9 Å². The van der Waals surface area contributed by atoms with E-state index in [-0.39, 0.29) is 12.2 Å². The summed E-state index contributed by atoms with van der Waals surface area (Å²) < 4.78 is 11.3. The van der Waals surface area contributed by atoms with Crippen molar-refractivity contribution in [2.24, 2.45) is 5.92 Å². The van der Waals surface area contributed by atoms with Gasteiger partial charge in [0.2, 0.25) is 11.9 Å². The van der Waals surface area contributed by atoms with Crippen molar-refractivity contribution in [3.8, 4) is 0 Å². The van der Waals surface area contributed by atoms with E-state index in [0.717, 1.165) is 77.8 Å². The topological polar surface area (TPSA) is 71.0 Å². The quantitative estimate of drug-likeness (QED) is 0.746. The maximum absolute atomic E-state index is 12.6. The molecule has 0 radical (unpaired) electrons. The van der Waals surface area contributed by atoms with E-state index < -0.39 is 0 Å². The van der Waals surface area contributed by atoms with Crippen LogP contribution in [0.3, 0.4) is 0 Å². The van der Waals surface area contributed by atoms with Gasteiger partial charge in [0.25, 0.3) is 0 Å². The predicted octanol–water partition coefficient (Wildman–Crippen LogP) is 0.600. The zero-order valence-electron chi connectivity index (χ0n) is 15.8. The Hall–Kier alpha value is -1.77. The number of carbonyl (C=O) groups is 1. The molecule has 0 spiro atoms. The maximum atomic E-state index is 12.6. The fraction of sp³-hybridized carbons (Fsp3) is 0.737. The fourth-order valence-electron chi connectivity index (χ4n) is 4.12. The van der Waals surface area contributed by atoms with Gasteiger partial charge in [-0.1, -0.05) is 0 Å². The minimum absolute atomic E-state index is 0.00123. The zero-order chi connectivity index (χ0) is 18.5. The van der Waals surface area contributed by atoms with Gasteiger partial charge in [-0.25, -0.2) is 9.97 Å². The number of nitrogens with zero attached hydrogens (tertiary/aromatic N) is 5. The van der Waals surface area contributed by atoms with Crippen LogP contribution in [0.1, 0.15) is 19.3 Å². The number of ether oxygens (including phenoxy) is 2. The van der Waals surface area contributed by atoms with E-state index >= 15 is 0 Å². The molecule has 0 unspecified atom stereocenters. The first kappa shape index (κ1) is 18.6. The maximum Gasteiger partial charge on any atom is 0.225 e. The summed E-state index contributed by atoms with van der Waals surface area (Å²) in [5, 5.41) is 0. The Morgan fingerprint density at radius 1 is 1.00 bits per heavy atom. The van der Waals surface area contributed by atoms with Gasteiger partial charge in [-0.15, -0.1) is 0 Å². The molecule has 3 aliphatic rings. The van der Waals surface area contributed by atoms with Gasteiger partial charge >= 0.3 is 0 Å². The second kappa shape index (κ2) is 8.95. The minimum Gasteiger partial charge on any atom is -0.350 e. The van der Waals surface area contributed by atoms with Gasteiger partial charge in [-0.3, -0.25) is 4.79 Å². The molecule has 1 aromatic heterocycles. The van der Waals surface area contributed by atoms with Crippen LogP contribution in [0.2, 0.25) is 0 Å². The van der Waals surface area contributed by atoms with Crippen molar-refractivity contribution in [3.05, 3.63) is 18.5 Å². The third kappa shape index (κ3) is 4.75. The Morgan fingerprint density at radius 2 is 1.67 bits per heavy atom. The van der Waals surface area contributed by atoms with Crippen molar-refractivity contribution < 1.29 is 14.3 Å². The lowest BCUT2D eigenvalue weighted by Gasteiger charge is -2.36. The Labute approximate surface area is 160 Å². The second-order valence-electron chi connectivity index (χ2n) is 7.46. The van der Waals surface area contributed by atoms with E-state index in [2.05, 4.69) is 19.8 Å². The molecule has 27 heavy (non-hydrogen) atoms. The van der Waals surface area contributed by atoms with E-state index in [9.17, 15) is 4.79 Å². The number of likely N-dealkylation sites (tertiary alicyclic amines) is 1. The van der Waals surface area contributed by atoms with Gasteiger partial charge in [0.05, 0.1) is 13.2 Å². The summed E-state index contributed by atoms with van der Waals surface area (Å²) in [7, 11) is 0. The van der Waals surface area contributed by atoms with Crippen LogP contribution in [0, 0.1) is 5.92 Å². The molecule has 8 heteroatoms. The van der Waals surface area contributed by atoms with Crippen LogP contribution < -0.4 is 4.90 Å². The molecule has 1 aromatic rings. The molecule has 0 aromatic carbocycles. The summed E-state index contributed by atoms with van der Waals surface area (Å²) in [5.41, 5.74) is 0. The highest BCUT2D eigenvalue weighted by Crippen LogP contribution is 2.25. The SMILES string of the molecule is O=C(CCN1CCC(C2OCCO2)CC1)N1CCN(c2ncccn2)CC1. The minimum atomic E-state index is -0.00123. The van der Waals surface area contributed by atoms with Gasteiger partial charge in [-0.2, -0.15) is 0 Å². The number of amides is 1. The fourth-order valence-corrected chi connectivity index (χ4v) is 4.12. The summed E-state index contributed by atoms with van der Waals surface area (Å²) in [6.07, 6.45) is 6.30. The summed E-state index contributed by atoms with van der Waals surface area (Å²) in [5.74, 6) is 1.52. The highest BCUT2D eigenvalue weighted by molar-refractivity contribution is 5.76.